The van der Waals surface area contributed by atoms with E-state index < -0.39 is 0 Å². The number of piperidine rings is 1. The van der Waals surface area contributed by atoms with Crippen LogP contribution >= 0.6 is 0 Å². The third-order valence-corrected chi connectivity index (χ3v) is 3.38. The summed E-state index contributed by atoms with van der Waals surface area (Å²) in [7, 11) is 0. The van der Waals surface area contributed by atoms with Crippen LogP contribution in [0.15, 0.2) is 43.0 Å². The summed E-state index contributed by atoms with van der Waals surface area (Å²) >= 11 is 0. The van der Waals surface area contributed by atoms with Crippen molar-refractivity contribution in [2.45, 2.75) is 31.7 Å². The van der Waals surface area contributed by atoms with Crippen LogP contribution in [-0.4, -0.2) is 24.0 Å². The van der Waals surface area contributed by atoms with Crippen LogP contribution in [0.4, 0.5) is 0 Å². The van der Waals surface area contributed by atoms with Crippen molar-refractivity contribution in [1.29, 1.82) is 0 Å². The third kappa shape index (κ3) is 3.75. The Bertz CT molecular complexity index is 418. The van der Waals surface area contributed by atoms with Crippen LogP contribution in [0.25, 0.3) is 0 Å². The van der Waals surface area contributed by atoms with E-state index in [-0.39, 0.29) is 0 Å². The molecule has 1 aliphatic heterocycles. The minimum atomic E-state index is 0.336. The molecule has 1 heteroatoms. The molecule has 0 aliphatic carbocycles. The lowest BCUT2D eigenvalue weighted by atomic mass is 10.1. The van der Waals surface area contributed by atoms with Crippen LogP contribution in [0.1, 0.15) is 31.2 Å². The Balaban J connectivity index is 2.06. The van der Waals surface area contributed by atoms with Crippen LogP contribution in [0.5, 0.6) is 0 Å². The van der Waals surface area contributed by atoms with E-state index in [1.54, 1.807) is 0 Å². The number of likely N-dealkylation sites (tertiary alicyclic amines) is 1. The van der Waals surface area contributed by atoms with Gasteiger partial charge in [-0.15, -0.1) is 6.58 Å². The summed E-state index contributed by atoms with van der Waals surface area (Å²) in [5.74, 6) is 6.70. The van der Waals surface area contributed by atoms with Gasteiger partial charge in [0.05, 0.1) is 6.04 Å². The summed E-state index contributed by atoms with van der Waals surface area (Å²) in [6, 6.07) is 10.6. The molecule has 1 aromatic carbocycles. The monoisotopic (exact) mass is 239 g/mol. The average molecular weight is 239 g/mol. The summed E-state index contributed by atoms with van der Waals surface area (Å²) < 4.78 is 0. The molecule has 0 aromatic heterocycles. The molecule has 18 heavy (non-hydrogen) atoms. The number of rotatable bonds is 3. The fraction of sp³-hybridized carbons (Fsp3) is 0.412. The minimum absolute atomic E-state index is 0.336. The summed E-state index contributed by atoms with van der Waals surface area (Å²) in [6.45, 7) is 6.22. The van der Waals surface area contributed by atoms with E-state index in [9.17, 15) is 0 Å². The first kappa shape index (κ1) is 12.9. The van der Waals surface area contributed by atoms with Crippen LogP contribution in [-0.2, 0) is 0 Å². The van der Waals surface area contributed by atoms with Gasteiger partial charge in [0.15, 0.2) is 0 Å². The van der Waals surface area contributed by atoms with Gasteiger partial charge in [0.1, 0.15) is 0 Å². The predicted octanol–water partition coefficient (Wildman–Crippen LogP) is 3.47. The molecular weight excluding hydrogens is 218 g/mol. The molecule has 0 amide bonds. The third-order valence-electron chi connectivity index (χ3n) is 3.38. The topological polar surface area (TPSA) is 3.24 Å². The molecule has 1 fully saturated rings. The van der Waals surface area contributed by atoms with Crippen molar-refractivity contribution in [3.05, 3.63) is 48.6 Å². The molecule has 0 radical (unpaired) electrons. The van der Waals surface area contributed by atoms with Gasteiger partial charge < -0.3 is 0 Å². The number of nitrogens with zero attached hydrogens (tertiary/aromatic N) is 1. The molecule has 0 spiro atoms. The van der Waals surface area contributed by atoms with Gasteiger partial charge in [0.25, 0.3) is 0 Å². The molecule has 0 N–H and O–H groups in total. The highest BCUT2D eigenvalue weighted by atomic mass is 15.1. The highest BCUT2D eigenvalue weighted by Crippen LogP contribution is 2.14. The maximum atomic E-state index is 3.86. The van der Waals surface area contributed by atoms with Crippen molar-refractivity contribution in [3.8, 4) is 11.8 Å². The first-order valence-corrected chi connectivity index (χ1v) is 6.81. The first-order chi connectivity index (χ1) is 8.90. The molecule has 1 atom stereocenters. The number of hydrogen-bond donors (Lipinski definition) is 0. The molecular formula is C17H21N. The maximum Gasteiger partial charge on any atom is 0.0753 e. The Morgan fingerprint density at radius 2 is 1.89 bits per heavy atom. The van der Waals surface area contributed by atoms with Crippen molar-refractivity contribution in [2.75, 3.05) is 13.1 Å². The molecule has 94 valence electrons. The molecule has 0 saturated carbocycles. The molecule has 1 heterocycles. The second kappa shape index (κ2) is 7.03. The predicted molar refractivity (Wildman–Crippen MR) is 77.3 cm³/mol. The van der Waals surface area contributed by atoms with E-state index in [4.69, 9.17) is 0 Å². The van der Waals surface area contributed by atoms with E-state index in [0.29, 0.717) is 6.04 Å². The lowest BCUT2D eigenvalue weighted by molar-refractivity contribution is 0.197. The van der Waals surface area contributed by atoms with E-state index in [1.807, 2.05) is 24.3 Å². The Kier molecular flexibility index (Phi) is 5.05. The first-order valence-electron chi connectivity index (χ1n) is 6.81. The average Bonchev–Trinajstić information content (AvgIpc) is 2.45. The van der Waals surface area contributed by atoms with Crippen molar-refractivity contribution in [1.82, 2.24) is 4.90 Å². The van der Waals surface area contributed by atoms with Gasteiger partial charge >= 0.3 is 0 Å². The Labute approximate surface area is 111 Å². The zero-order valence-electron chi connectivity index (χ0n) is 10.9. The van der Waals surface area contributed by atoms with Crippen LogP contribution in [0.3, 0.4) is 0 Å². The zero-order valence-corrected chi connectivity index (χ0v) is 10.9. The lowest BCUT2D eigenvalue weighted by Crippen LogP contribution is -2.38. The van der Waals surface area contributed by atoms with Crippen LogP contribution < -0.4 is 0 Å². The fourth-order valence-electron chi connectivity index (χ4n) is 2.38. The van der Waals surface area contributed by atoms with Gasteiger partial charge in [-0.2, -0.15) is 0 Å². The van der Waals surface area contributed by atoms with Crippen molar-refractivity contribution in [2.24, 2.45) is 0 Å². The summed E-state index contributed by atoms with van der Waals surface area (Å²) in [5.41, 5.74) is 1.10. The highest BCUT2D eigenvalue weighted by molar-refractivity contribution is 5.35. The largest absolute Gasteiger partial charge is 0.290 e. The molecule has 0 bridgehead atoms. The Morgan fingerprint density at radius 3 is 2.56 bits per heavy atom. The van der Waals surface area contributed by atoms with Gasteiger partial charge in [-0.05, 0) is 44.5 Å². The molecule has 0 unspecified atom stereocenters. The lowest BCUT2D eigenvalue weighted by Gasteiger charge is -2.31. The minimum Gasteiger partial charge on any atom is -0.290 e. The summed E-state index contributed by atoms with van der Waals surface area (Å²) in [5, 5.41) is 0. The van der Waals surface area contributed by atoms with Crippen LogP contribution in [0.2, 0.25) is 0 Å². The fourth-order valence-corrected chi connectivity index (χ4v) is 2.38. The van der Waals surface area contributed by atoms with Gasteiger partial charge in [0, 0.05) is 5.56 Å². The summed E-state index contributed by atoms with van der Waals surface area (Å²) in [6.07, 6.45) is 6.92. The van der Waals surface area contributed by atoms with E-state index >= 15 is 0 Å². The molecule has 1 aliphatic rings. The smallest absolute Gasteiger partial charge is 0.0753 e. The van der Waals surface area contributed by atoms with E-state index in [1.165, 1.54) is 32.4 Å². The zero-order chi connectivity index (χ0) is 12.6. The Hall–Kier alpha value is -1.52. The highest BCUT2D eigenvalue weighted by Gasteiger charge is 2.17. The van der Waals surface area contributed by atoms with Crippen LogP contribution in [0, 0.1) is 11.8 Å². The number of hydrogen-bond acceptors (Lipinski definition) is 1. The molecule has 1 nitrogen and oxygen atoms in total. The molecule has 1 saturated heterocycles. The second-order valence-corrected chi connectivity index (χ2v) is 4.77. The van der Waals surface area contributed by atoms with Crippen molar-refractivity contribution in [3.63, 3.8) is 0 Å². The van der Waals surface area contributed by atoms with Gasteiger partial charge in [0.2, 0.25) is 0 Å². The van der Waals surface area contributed by atoms with Crippen molar-refractivity contribution >= 4 is 0 Å². The quantitative estimate of drug-likeness (QED) is 0.576. The van der Waals surface area contributed by atoms with Gasteiger partial charge in [-0.25, -0.2) is 0 Å². The second-order valence-electron chi connectivity index (χ2n) is 4.77. The van der Waals surface area contributed by atoms with E-state index in [2.05, 4.69) is 35.5 Å². The van der Waals surface area contributed by atoms with Gasteiger partial charge in [-0.3, -0.25) is 4.90 Å². The molecule has 2 rings (SSSR count). The number of benzene rings is 1. The maximum absolute atomic E-state index is 3.86. The molecule has 1 aromatic rings. The van der Waals surface area contributed by atoms with Crippen molar-refractivity contribution < 1.29 is 0 Å². The van der Waals surface area contributed by atoms with Gasteiger partial charge in [-0.1, -0.05) is 42.5 Å². The standard InChI is InChI=1S/C17H21N/c1-2-9-17(18-14-7-4-8-15-18)13-12-16-10-5-3-6-11-16/h2-3,5-6,10-11,17H,1,4,7-9,14-15H2/t17-/m1/s1. The normalized spacial score (nSPS) is 17.6. The summed E-state index contributed by atoms with van der Waals surface area (Å²) in [4.78, 5) is 2.50. The Morgan fingerprint density at radius 1 is 1.17 bits per heavy atom. The SMILES string of the molecule is C=CC[C@H](C#Cc1ccccc1)N1CCCCC1. The van der Waals surface area contributed by atoms with E-state index in [0.717, 1.165) is 12.0 Å².